The molecule has 0 radical (unpaired) electrons. The molecule has 1 fully saturated rings. The van der Waals surface area contributed by atoms with Crippen LogP contribution >= 0.6 is 0 Å². The lowest BCUT2D eigenvalue weighted by atomic mass is 10.1. The molecule has 2 atom stereocenters. The Kier molecular flexibility index (Phi) is 4.76. The van der Waals surface area contributed by atoms with E-state index in [1.54, 1.807) is 0 Å². The minimum absolute atomic E-state index is 0.0824. The van der Waals surface area contributed by atoms with Crippen LogP contribution in [0, 0.1) is 5.92 Å². The summed E-state index contributed by atoms with van der Waals surface area (Å²) in [5.41, 5.74) is 0. The maximum absolute atomic E-state index is 11.7. The first-order valence-corrected chi connectivity index (χ1v) is 7.75. The second kappa shape index (κ2) is 5.47. The molecule has 1 aliphatic heterocycles. The number of likely N-dealkylation sites (tertiary alicyclic amines) is 1. The molecule has 0 unspecified atom stereocenters. The van der Waals surface area contributed by atoms with Crippen LogP contribution in [0.3, 0.4) is 0 Å². The molecule has 0 bridgehead atoms. The van der Waals surface area contributed by atoms with E-state index in [4.69, 9.17) is 0 Å². The van der Waals surface area contributed by atoms with Crippen LogP contribution in [-0.2, 0) is 10.0 Å². The summed E-state index contributed by atoms with van der Waals surface area (Å²) in [5, 5.41) is 0. The van der Waals surface area contributed by atoms with Gasteiger partial charge in [-0.15, -0.1) is 0 Å². The summed E-state index contributed by atoms with van der Waals surface area (Å²) in [6.45, 7) is 10.1. The van der Waals surface area contributed by atoms with Gasteiger partial charge in [-0.1, -0.05) is 13.8 Å². The monoisotopic (exact) mass is 248 g/mol. The summed E-state index contributed by atoms with van der Waals surface area (Å²) >= 11 is 0. The van der Waals surface area contributed by atoms with Crippen molar-refractivity contribution in [2.45, 2.75) is 46.2 Å². The molecule has 0 aliphatic carbocycles. The zero-order valence-electron chi connectivity index (χ0n) is 10.7. The molecule has 0 amide bonds. The van der Waals surface area contributed by atoms with Crippen molar-refractivity contribution in [3.05, 3.63) is 0 Å². The van der Waals surface area contributed by atoms with Gasteiger partial charge in [-0.3, -0.25) is 4.90 Å². The minimum atomic E-state index is -3.07. The van der Waals surface area contributed by atoms with Gasteiger partial charge in [0.05, 0.1) is 5.75 Å². The zero-order valence-corrected chi connectivity index (χ0v) is 11.5. The molecule has 0 spiro atoms. The van der Waals surface area contributed by atoms with E-state index in [1.165, 1.54) is 0 Å². The Morgan fingerprint density at radius 2 is 2.00 bits per heavy atom. The standard InChI is InChI=1S/C11H24N2O2S/c1-5-6-16(14,15)12-11-8-13(9(2)3)7-10(11)4/h9-12H,5-8H2,1-4H3/t10-,11+/m0/s1. The molecule has 1 heterocycles. The van der Waals surface area contributed by atoms with E-state index in [9.17, 15) is 8.42 Å². The lowest BCUT2D eigenvalue weighted by Gasteiger charge is -2.20. The highest BCUT2D eigenvalue weighted by atomic mass is 32.2. The van der Waals surface area contributed by atoms with Gasteiger partial charge in [-0.25, -0.2) is 13.1 Å². The van der Waals surface area contributed by atoms with Gasteiger partial charge in [-0.2, -0.15) is 0 Å². The van der Waals surface area contributed by atoms with Gasteiger partial charge in [0.25, 0.3) is 0 Å². The molecule has 4 nitrogen and oxygen atoms in total. The largest absolute Gasteiger partial charge is 0.299 e. The lowest BCUT2D eigenvalue weighted by Crippen LogP contribution is -2.41. The molecule has 0 aromatic carbocycles. The Labute approximate surface area is 99.5 Å². The van der Waals surface area contributed by atoms with Gasteiger partial charge in [-0.05, 0) is 26.2 Å². The lowest BCUT2D eigenvalue weighted by molar-refractivity contribution is 0.265. The average molecular weight is 248 g/mol. The number of hydrogen-bond acceptors (Lipinski definition) is 3. The van der Waals surface area contributed by atoms with Gasteiger partial charge in [0.15, 0.2) is 0 Å². The van der Waals surface area contributed by atoms with Gasteiger partial charge in [0.1, 0.15) is 0 Å². The molecule has 16 heavy (non-hydrogen) atoms. The fraction of sp³-hybridized carbons (Fsp3) is 1.00. The summed E-state index contributed by atoms with van der Waals surface area (Å²) in [4.78, 5) is 2.32. The summed E-state index contributed by atoms with van der Waals surface area (Å²) in [7, 11) is -3.07. The summed E-state index contributed by atoms with van der Waals surface area (Å²) < 4.78 is 26.2. The average Bonchev–Trinajstić information content (AvgIpc) is 2.47. The van der Waals surface area contributed by atoms with Crippen molar-refractivity contribution in [1.29, 1.82) is 0 Å². The van der Waals surface area contributed by atoms with E-state index in [2.05, 4.69) is 30.4 Å². The maximum atomic E-state index is 11.7. The smallest absolute Gasteiger partial charge is 0.211 e. The van der Waals surface area contributed by atoms with Crippen LogP contribution in [0.5, 0.6) is 0 Å². The molecule has 5 heteroatoms. The molecule has 1 aliphatic rings. The molecule has 0 aromatic heterocycles. The normalized spacial score (nSPS) is 27.8. The molecule has 0 saturated carbocycles. The van der Waals surface area contributed by atoms with Crippen molar-refractivity contribution in [2.24, 2.45) is 5.92 Å². The Balaban J connectivity index is 2.56. The Bertz CT molecular complexity index is 314. The van der Waals surface area contributed by atoms with Crippen molar-refractivity contribution >= 4 is 10.0 Å². The molecule has 0 aromatic rings. The fourth-order valence-corrected chi connectivity index (χ4v) is 3.56. The number of nitrogens with one attached hydrogen (secondary N) is 1. The van der Waals surface area contributed by atoms with Crippen LogP contribution in [0.2, 0.25) is 0 Å². The quantitative estimate of drug-likeness (QED) is 0.791. The van der Waals surface area contributed by atoms with Gasteiger partial charge in [0, 0.05) is 25.2 Å². The van der Waals surface area contributed by atoms with E-state index < -0.39 is 10.0 Å². The number of sulfonamides is 1. The first-order valence-electron chi connectivity index (χ1n) is 6.09. The molecule has 1 rings (SSSR count). The Hall–Kier alpha value is -0.130. The highest BCUT2D eigenvalue weighted by Gasteiger charge is 2.33. The van der Waals surface area contributed by atoms with E-state index in [0.717, 1.165) is 13.1 Å². The van der Waals surface area contributed by atoms with E-state index in [-0.39, 0.29) is 11.8 Å². The maximum Gasteiger partial charge on any atom is 0.211 e. The Morgan fingerprint density at radius 3 is 2.44 bits per heavy atom. The van der Waals surface area contributed by atoms with Crippen molar-refractivity contribution in [2.75, 3.05) is 18.8 Å². The Morgan fingerprint density at radius 1 is 1.38 bits per heavy atom. The van der Waals surface area contributed by atoms with Crippen molar-refractivity contribution in [3.8, 4) is 0 Å². The highest BCUT2D eigenvalue weighted by molar-refractivity contribution is 7.89. The molecular weight excluding hydrogens is 224 g/mol. The second-order valence-corrected chi connectivity index (χ2v) is 6.94. The van der Waals surface area contributed by atoms with E-state index in [1.807, 2.05) is 6.92 Å². The van der Waals surface area contributed by atoms with Crippen molar-refractivity contribution < 1.29 is 8.42 Å². The summed E-state index contributed by atoms with van der Waals surface area (Å²) in [5.74, 6) is 0.631. The van der Waals surface area contributed by atoms with Crippen LogP contribution in [0.25, 0.3) is 0 Å². The first-order chi connectivity index (χ1) is 7.35. The zero-order chi connectivity index (χ0) is 12.3. The van der Waals surface area contributed by atoms with Crippen molar-refractivity contribution in [3.63, 3.8) is 0 Å². The first kappa shape index (κ1) is 13.9. The van der Waals surface area contributed by atoms with Crippen LogP contribution in [0.1, 0.15) is 34.1 Å². The number of nitrogens with zero attached hydrogens (tertiary/aromatic N) is 1. The predicted molar refractivity (Wildman–Crippen MR) is 66.9 cm³/mol. The van der Waals surface area contributed by atoms with Gasteiger partial charge >= 0.3 is 0 Å². The molecule has 96 valence electrons. The minimum Gasteiger partial charge on any atom is -0.299 e. The third-order valence-electron chi connectivity index (χ3n) is 3.17. The van der Waals surface area contributed by atoms with Crippen LogP contribution in [0.15, 0.2) is 0 Å². The van der Waals surface area contributed by atoms with Crippen LogP contribution in [-0.4, -0.2) is 44.2 Å². The predicted octanol–water partition coefficient (Wildman–Crippen LogP) is 1.04. The van der Waals surface area contributed by atoms with Crippen LogP contribution < -0.4 is 4.72 Å². The third-order valence-corrected chi connectivity index (χ3v) is 4.78. The molecular formula is C11H24N2O2S. The second-order valence-electron chi connectivity index (χ2n) is 5.07. The van der Waals surface area contributed by atoms with Crippen LogP contribution in [0.4, 0.5) is 0 Å². The van der Waals surface area contributed by atoms with Gasteiger partial charge in [0.2, 0.25) is 10.0 Å². The summed E-state index contributed by atoms with van der Waals surface area (Å²) in [6, 6.07) is 0.571. The van der Waals surface area contributed by atoms with E-state index >= 15 is 0 Å². The highest BCUT2D eigenvalue weighted by Crippen LogP contribution is 2.19. The number of hydrogen-bond donors (Lipinski definition) is 1. The SMILES string of the molecule is CCCS(=O)(=O)N[C@@H]1CN(C(C)C)C[C@@H]1C. The topological polar surface area (TPSA) is 49.4 Å². The fourth-order valence-electron chi connectivity index (χ4n) is 2.14. The third kappa shape index (κ3) is 3.71. The number of rotatable bonds is 5. The summed E-state index contributed by atoms with van der Waals surface area (Å²) in [6.07, 6.45) is 0.671. The molecule has 1 saturated heterocycles. The van der Waals surface area contributed by atoms with E-state index in [0.29, 0.717) is 18.4 Å². The van der Waals surface area contributed by atoms with Gasteiger partial charge < -0.3 is 0 Å². The van der Waals surface area contributed by atoms with Crippen molar-refractivity contribution in [1.82, 2.24) is 9.62 Å². The molecule has 1 N–H and O–H groups in total.